The second-order valence-corrected chi connectivity index (χ2v) is 7.58. The molecule has 0 radical (unpaired) electrons. The monoisotopic (exact) mass is 405 g/mol. The van der Waals surface area contributed by atoms with E-state index in [0.717, 1.165) is 39.5 Å². The molecule has 156 valence electrons. The number of rotatable bonds is 7. The number of anilines is 1. The summed E-state index contributed by atoms with van der Waals surface area (Å²) in [5.41, 5.74) is 5.82. The Balaban J connectivity index is 1.86. The van der Waals surface area contributed by atoms with E-state index in [9.17, 15) is 0 Å². The lowest BCUT2D eigenvalue weighted by Crippen LogP contribution is -2.06. The molecule has 8 nitrogen and oxygen atoms in total. The van der Waals surface area contributed by atoms with E-state index in [1.807, 2.05) is 43.9 Å². The van der Waals surface area contributed by atoms with Gasteiger partial charge < -0.3 is 10.1 Å². The van der Waals surface area contributed by atoms with Gasteiger partial charge >= 0.3 is 0 Å². The van der Waals surface area contributed by atoms with Gasteiger partial charge in [0.2, 0.25) is 0 Å². The van der Waals surface area contributed by atoms with Crippen LogP contribution in [-0.4, -0.2) is 36.0 Å². The topological polar surface area (TPSA) is 82.2 Å². The summed E-state index contributed by atoms with van der Waals surface area (Å²) in [6, 6.07) is 4.00. The fraction of sp³-hybridized carbons (Fsp3) is 0.364. The molecule has 4 heterocycles. The van der Waals surface area contributed by atoms with Crippen LogP contribution in [0.1, 0.15) is 43.8 Å². The van der Waals surface area contributed by atoms with Crippen LogP contribution < -0.4 is 10.1 Å². The standard InChI is InChI=1S/C22H27N7O/c1-6-30-20-12-23-8-7-17(20)18-9-19(24-10-16-11-25-28(5)13-16)22-21(14(2)3)26-15(4)29(22)27-18/h7-9,11-14,24H,6,10H2,1-5H3. The van der Waals surface area contributed by atoms with Crippen molar-refractivity contribution in [3.8, 4) is 17.0 Å². The van der Waals surface area contributed by atoms with Crippen molar-refractivity contribution in [3.05, 3.63) is 54.0 Å². The van der Waals surface area contributed by atoms with Gasteiger partial charge in [-0.15, -0.1) is 0 Å². The summed E-state index contributed by atoms with van der Waals surface area (Å²) in [5, 5.41) is 12.7. The number of imidazole rings is 1. The number of hydrogen-bond acceptors (Lipinski definition) is 6. The summed E-state index contributed by atoms with van der Waals surface area (Å²) >= 11 is 0. The predicted octanol–water partition coefficient (Wildman–Crippen LogP) is 3.97. The number of pyridine rings is 1. The van der Waals surface area contributed by atoms with Crippen molar-refractivity contribution in [1.29, 1.82) is 0 Å². The van der Waals surface area contributed by atoms with Crippen molar-refractivity contribution in [2.45, 2.75) is 40.2 Å². The molecular formula is C22H27N7O. The van der Waals surface area contributed by atoms with Gasteiger partial charge in [0, 0.05) is 37.1 Å². The summed E-state index contributed by atoms with van der Waals surface area (Å²) in [6.07, 6.45) is 7.36. The van der Waals surface area contributed by atoms with Gasteiger partial charge in [0.15, 0.2) is 0 Å². The first-order valence-electron chi connectivity index (χ1n) is 10.2. The van der Waals surface area contributed by atoms with E-state index in [4.69, 9.17) is 14.8 Å². The fourth-order valence-corrected chi connectivity index (χ4v) is 3.55. The van der Waals surface area contributed by atoms with E-state index < -0.39 is 0 Å². The maximum Gasteiger partial charge on any atom is 0.147 e. The van der Waals surface area contributed by atoms with Crippen LogP contribution in [0, 0.1) is 6.92 Å². The molecular weight excluding hydrogens is 378 g/mol. The van der Waals surface area contributed by atoms with Gasteiger partial charge in [-0.3, -0.25) is 9.67 Å². The van der Waals surface area contributed by atoms with Crippen LogP contribution in [-0.2, 0) is 13.6 Å². The van der Waals surface area contributed by atoms with Gasteiger partial charge in [-0.25, -0.2) is 9.50 Å². The fourth-order valence-electron chi connectivity index (χ4n) is 3.55. The Hall–Kier alpha value is -3.42. The third-order valence-corrected chi connectivity index (χ3v) is 4.94. The normalized spacial score (nSPS) is 11.4. The Morgan fingerprint density at radius 3 is 2.77 bits per heavy atom. The number of fused-ring (bicyclic) bond motifs is 1. The van der Waals surface area contributed by atoms with Crippen LogP contribution in [0.3, 0.4) is 0 Å². The zero-order valence-electron chi connectivity index (χ0n) is 18.0. The van der Waals surface area contributed by atoms with Gasteiger partial charge in [-0.2, -0.15) is 10.2 Å². The first-order valence-corrected chi connectivity index (χ1v) is 10.2. The molecule has 0 saturated heterocycles. The minimum Gasteiger partial charge on any atom is -0.492 e. The van der Waals surface area contributed by atoms with Crippen LogP contribution in [0.2, 0.25) is 0 Å². The summed E-state index contributed by atoms with van der Waals surface area (Å²) in [4.78, 5) is 9.00. The van der Waals surface area contributed by atoms with Crippen LogP contribution in [0.4, 0.5) is 5.69 Å². The molecule has 0 bridgehead atoms. The first kappa shape index (κ1) is 19.9. The van der Waals surface area contributed by atoms with E-state index in [-0.39, 0.29) is 5.92 Å². The molecule has 0 aromatic carbocycles. The Bertz CT molecular complexity index is 1180. The quantitative estimate of drug-likeness (QED) is 0.501. The maximum absolute atomic E-state index is 5.79. The van der Waals surface area contributed by atoms with E-state index in [0.29, 0.717) is 18.9 Å². The number of aryl methyl sites for hydroxylation is 2. The molecule has 0 amide bonds. The lowest BCUT2D eigenvalue weighted by atomic mass is 10.1. The minimum absolute atomic E-state index is 0.278. The number of nitrogens with one attached hydrogen (secondary N) is 1. The van der Waals surface area contributed by atoms with E-state index in [1.165, 1.54) is 0 Å². The Morgan fingerprint density at radius 2 is 2.07 bits per heavy atom. The Morgan fingerprint density at radius 1 is 1.23 bits per heavy atom. The van der Waals surface area contributed by atoms with Crippen molar-refractivity contribution in [3.63, 3.8) is 0 Å². The average molecular weight is 406 g/mol. The molecule has 0 atom stereocenters. The van der Waals surface area contributed by atoms with Crippen molar-refractivity contribution in [1.82, 2.24) is 29.4 Å². The van der Waals surface area contributed by atoms with E-state index in [2.05, 4.69) is 35.3 Å². The first-order chi connectivity index (χ1) is 14.5. The SMILES string of the molecule is CCOc1cnccc1-c1cc(NCc2cnn(C)c2)c2c(C(C)C)nc(C)n2n1. The molecule has 0 aliphatic carbocycles. The number of hydrogen-bond donors (Lipinski definition) is 1. The highest BCUT2D eigenvalue weighted by Gasteiger charge is 2.19. The molecule has 4 aromatic rings. The molecule has 1 N–H and O–H groups in total. The van der Waals surface area contributed by atoms with Gasteiger partial charge in [0.05, 0.1) is 36.1 Å². The molecule has 0 aliphatic rings. The third-order valence-electron chi connectivity index (χ3n) is 4.94. The lowest BCUT2D eigenvalue weighted by molar-refractivity contribution is 0.340. The smallest absolute Gasteiger partial charge is 0.147 e. The highest BCUT2D eigenvalue weighted by molar-refractivity contribution is 5.80. The average Bonchev–Trinajstić information content (AvgIpc) is 3.30. The van der Waals surface area contributed by atoms with Gasteiger partial charge in [0.25, 0.3) is 0 Å². The predicted molar refractivity (Wildman–Crippen MR) is 117 cm³/mol. The third kappa shape index (κ3) is 3.72. The highest BCUT2D eigenvalue weighted by Crippen LogP contribution is 2.34. The summed E-state index contributed by atoms with van der Waals surface area (Å²) in [5.74, 6) is 1.85. The molecule has 0 unspecified atom stereocenters. The zero-order chi connectivity index (χ0) is 21.3. The molecule has 0 fully saturated rings. The van der Waals surface area contributed by atoms with Crippen molar-refractivity contribution in [2.75, 3.05) is 11.9 Å². The molecule has 0 spiro atoms. The highest BCUT2D eigenvalue weighted by atomic mass is 16.5. The lowest BCUT2D eigenvalue weighted by Gasteiger charge is -2.14. The molecule has 0 saturated carbocycles. The second-order valence-electron chi connectivity index (χ2n) is 7.58. The van der Waals surface area contributed by atoms with Crippen LogP contribution in [0.5, 0.6) is 5.75 Å². The number of ether oxygens (including phenoxy) is 1. The van der Waals surface area contributed by atoms with Crippen LogP contribution in [0.15, 0.2) is 36.9 Å². The van der Waals surface area contributed by atoms with Crippen LogP contribution in [0.25, 0.3) is 16.8 Å². The van der Waals surface area contributed by atoms with Gasteiger partial charge in [-0.1, -0.05) is 13.8 Å². The molecule has 8 heteroatoms. The molecule has 0 aliphatic heterocycles. The van der Waals surface area contributed by atoms with Gasteiger partial charge in [-0.05, 0) is 31.9 Å². The maximum atomic E-state index is 5.79. The summed E-state index contributed by atoms with van der Waals surface area (Å²) in [6.45, 7) is 9.46. The molecule has 30 heavy (non-hydrogen) atoms. The van der Waals surface area contributed by atoms with Gasteiger partial charge in [0.1, 0.15) is 17.1 Å². The van der Waals surface area contributed by atoms with Crippen molar-refractivity contribution in [2.24, 2.45) is 7.05 Å². The second kappa shape index (κ2) is 8.14. The summed E-state index contributed by atoms with van der Waals surface area (Å²) < 4.78 is 9.52. The number of nitrogens with zero attached hydrogens (tertiary/aromatic N) is 6. The summed E-state index contributed by atoms with van der Waals surface area (Å²) in [7, 11) is 1.92. The Labute approximate surface area is 175 Å². The van der Waals surface area contributed by atoms with Crippen LogP contribution >= 0.6 is 0 Å². The zero-order valence-corrected chi connectivity index (χ0v) is 18.0. The Kier molecular flexibility index (Phi) is 5.39. The van der Waals surface area contributed by atoms with E-state index in [1.54, 1.807) is 17.1 Å². The largest absolute Gasteiger partial charge is 0.492 e. The minimum atomic E-state index is 0.278. The van der Waals surface area contributed by atoms with E-state index >= 15 is 0 Å². The van der Waals surface area contributed by atoms with Crippen molar-refractivity contribution < 1.29 is 4.74 Å². The molecule has 4 rings (SSSR count). The number of aromatic nitrogens is 6. The molecule has 4 aromatic heterocycles. The van der Waals surface area contributed by atoms with Crippen molar-refractivity contribution >= 4 is 11.2 Å².